The molecular formula is C21H17N3O2. The van der Waals surface area contributed by atoms with Crippen LogP contribution in [0.25, 0.3) is 27.8 Å². The van der Waals surface area contributed by atoms with Gasteiger partial charge in [-0.15, -0.1) is 0 Å². The third kappa shape index (κ3) is 3.10. The monoisotopic (exact) mass is 343 g/mol. The molecule has 5 nitrogen and oxygen atoms in total. The summed E-state index contributed by atoms with van der Waals surface area (Å²) in [6, 6.07) is 12.0. The first kappa shape index (κ1) is 16.1. The van der Waals surface area contributed by atoms with Crippen molar-refractivity contribution in [2.45, 2.75) is 19.4 Å². The van der Waals surface area contributed by atoms with Crippen molar-refractivity contribution < 1.29 is 9.63 Å². The second-order valence-corrected chi connectivity index (χ2v) is 6.57. The van der Waals surface area contributed by atoms with E-state index in [0.717, 1.165) is 33.3 Å². The van der Waals surface area contributed by atoms with E-state index in [2.05, 4.69) is 22.1 Å². The maximum absolute atomic E-state index is 9.90. The third-order valence-electron chi connectivity index (χ3n) is 4.01. The van der Waals surface area contributed by atoms with E-state index in [0.29, 0.717) is 0 Å². The van der Waals surface area contributed by atoms with Gasteiger partial charge in [-0.25, -0.2) is 4.52 Å². The van der Waals surface area contributed by atoms with E-state index in [4.69, 9.17) is 4.52 Å². The molecule has 0 aliphatic rings. The zero-order valence-electron chi connectivity index (χ0n) is 14.5. The van der Waals surface area contributed by atoms with Crippen LogP contribution >= 0.6 is 0 Å². The SMILES string of the molecule is CC(C)(O)C#Cc1cccn2ncc(-c3ccc(-c4cnoc4)cc3)c12. The molecule has 0 fully saturated rings. The highest BCUT2D eigenvalue weighted by Gasteiger charge is 2.12. The molecule has 4 rings (SSSR count). The first-order valence-corrected chi connectivity index (χ1v) is 8.23. The molecule has 3 heterocycles. The molecule has 3 aromatic heterocycles. The van der Waals surface area contributed by atoms with Gasteiger partial charge in [0.25, 0.3) is 0 Å². The maximum atomic E-state index is 9.90. The van der Waals surface area contributed by atoms with Gasteiger partial charge in [-0.1, -0.05) is 41.3 Å². The lowest BCUT2D eigenvalue weighted by Crippen LogP contribution is -2.14. The van der Waals surface area contributed by atoms with Gasteiger partial charge in [0.15, 0.2) is 0 Å². The molecule has 1 N–H and O–H groups in total. The highest BCUT2D eigenvalue weighted by atomic mass is 16.5. The molecule has 0 spiro atoms. The Hall–Kier alpha value is -3.36. The van der Waals surface area contributed by atoms with Crippen LogP contribution in [0.15, 0.2) is 65.8 Å². The zero-order valence-corrected chi connectivity index (χ0v) is 14.5. The maximum Gasteiger partial charge on any atom is 0.131 e. The summed E-state index contributed by atoms with van der Waals surface area (Å²) in [5.41, 5.74) is 4.70. The number of aliphatic hydroxyl groups is 1. The van der Waals surface area contributed by atoms with Gasteiger partial charge in [0.2, 0.25) is 0 Å². The number of fused-ring (bicyclic) bond motifs is 1. The second kappa shape index (κ2) is 6.17. The molecular weight excluding hydrogens is 326 g/mol. The van der Waals surface area contributed by atoms with E-state index in [1.165, 1.54) is 0 Å². The molecule has 0 aliphatic carbocycles. The molecule has 1 aromatic carbocycles. The van der Waals surface area contributed by atoms with Crippen molar-refractivity contribution in [3.63, 3.8) is 0 Å². The number of hydrogen-bond donors (Lipinski definition) is 1. The van der Waals surface area contributed by atoms with Crippen molar-refractivity contribution in [3.8, 4) is 34.1 Å². The van der Waals surface area contributed by atoms with Gasteiger partial charge < -0.3 is 9.63 Å². The Labute approximate surface area is 150 Å². The summed E-state index contributed by atoms with van der Waals surface area (Å²) in [5.74, 6) is 5.95. The van der Waals surface area contributed by atoms with E-state index in [9.17, 15) is 5.11 Å². The van der Waals surface area contributed by atoms with Gasteiger partial charge in [0.05, 0.1) is 23.5 Å². The number of aromatic nitrogens is 3. The topological polar surface area (TPSA) is 63.6 Å². The number of nitrogens with zero attached hydrogens (tertiary/aromatic N) is 3. The van der Waals surface area contributed by atoms with Crippen molar-refractivity contribution >= 4 is 5.52 Å². The Morgan fingerprint density at radius 3 is 2.50 bits per heavy atom. The number of hydrogen-bond acceptors (Lipinski definition) is 4. The van der Waals surface area contributed by atoms with Crippen LogP contribution in [0.2, 0.25) is 0 Å². The molecule has 0 saturated heterocycles. The van der Waals surface area contributed by atoms with Crippen LogP contribution in [0.1, 0.15) is 19.4 Å². The summed E-state index contributed by atoms with van der Waals surface area (Å²) in [5, 5.41) is 18.1. The minimum Gasteiger partial charge on any atom is -0.378 e. The summed E-state index contributed by atoms with van der Waals surface area (Å²) in [7, 11) is 0. The van der Waals surface area contributed by atoms with Crippen LogP contribution in [0.3, 0.4) is 0 Å². The smallest absolute Gasteiger partial charge is 0.131 e. The third-order valence-corrected chi connectivity index (χ3v) is 4.01. The first-order valence-electron chi connectivity index (χ1n) is 8.23. The minimum atomic E-state index is -1.05. The Kier molecular flexibility index (Phi) is 3.83. The standard InChI is InChI=1S/C21H17N3O2/c1-21(2,25)10-9-17-4-3-11-24-20(17)19(13-22-24)16-7-5-15(6-8-16)18-12-23-26-14-18/h3-8,11-14,25H,1-2H3. The lowest BCUT2D eigenvalue weighted by Gasteiger charge is -2.07. The average molecular weight is 343 g/mol. The molecule has 26 heavy (non-hydrogen) atoms. The van der Waals surface area contributed by atoms with Crippen molar-refractivity contribution in [2.24, 2.45) is 0 Å². The van der Waals surface area contributed by atoms with E-state index in [-0.39, 0.29) is 0 Å². The molecule has 0 atom stereocenters. The summed E-state index contributed by atoms with van der Waals surface area (Å²) in [4.78, 5) is 0. The molecule has 0 saturated carbocycles. The lowest BCUT2D eigenvalue weighted by atomic mass is 10.0. The Bertz CT molecular complexity index is 1110. The molecule has 128 valence electrons. The molecule has 0 unspecified atom stereocenters. The van der Waals surface area contributed by atoms with E-state index in [1.807, 2.05) is 48.8 Å². The Morgan fingerprint density at radius 2 is 1.81 bits per heavy atom. The molecule has 0 bridgehead atoms. The van der Waals surface area contributed by atoms with Crippen LogP contribution in [-0.2, 0) is 0 Å². The number of rotatable bonds is 2. The zero-order chi connectivity index (χ0) is 18.1. The minimum absolute atomic E-state index is 0.824. The molecule has 0 amide bonds. The van der Waals surface area contributed by atoms with Crippen LogP contribution in [-0.4, -0.2) is 25.5 Å². The van der Waals surface area contributed by atoms with Crippen LogP contribution in [0.4, 0.5) is 0 Å². The normalized spacial score (nSPS) is 11.3. The predicted molar refractivity (Wildman–Crippen MR) is 99.3 cm³/mol. The van der Waals surface area contributed by atoms with Crippen LogP contribution in [0.5, 0.6) is 0 Å². The number of benzene rings is 1. The molecule has 0 aliphatic heterocycles. The van der Waals surface area contributed by atoms with Gasteiger partial charge in [-0.3, -0.25) is 0 Å². The molecule has 0 radical (unpaired) electrons. The van der Waals surface area contributed by atoms with Crippen LogP contribution < -0.4 is 0 Å². The quantitative estimate of drug-likeness (QED) is 0.563. The summed E-state index contributed by atoms with van der Waals surface area (Å²) in [6.07, 6.45) is 7.03. The Morgan fingerprint density at radius 1 is 1.04 bits per heavy atom. The average Bonchev–Trinajstić information content (AvgIpc) is 3.29. The van der Waals surface area contributed by atoms with Crippen LogP contribution in [0, 0.1) is 11.8 Å². The lowest BCUT2D eigenvalue weighted by molar-refractivity contribution is 0.143. The van der Waals surface area contributed by atoms with E-state index in [1.54, 1.807) is 30.8 Å². The van der Waals surface area contributed by atoms with Gasteiger partial charge in [0.1, 0.15) is 11.9 Å². The van der Waals surface area contributed by atoms with Gasteiger partial charge in [-0.2, -0.15) is 5.10 Å². The number of pyridine rings is 1. The Balaban J connectivity index is 1.80. The summed E-state index contributed by atoms with van der Waals surface area (Å²) >= 11 is 0. The molecule has 4 aromatic rings. The largest absolute Gasteiger partial charge is 0.378 e. The van der Waals surface area contributed by atoms with Crippen molar-refractivity contribution in [1.82, 2.24) is 14.8 Å². The summed E-state index contributed by atoms with van der Waals surface area (Å²) in [6.45, 7) is 3.34. The highest BCUT2D eigenvalue weighted by molar-refractivity contribution is 5.85. The van der Waals surface area contributed by atoms with Crippen molar-refractivity contribution in [1.29, 1.82) is 0 Å². The fraction of sp³-hybridized carbons (Fsp3) is 0.143. The van der Waals surface area contributed by atoms with Crippen molar-refractivity contribution in [2.75, 3.05) is 0 Å². The van der Waals surface area contributed by atoms with Gasteiger partial charge in [0, 0.05) is 17.3 Å². The second-order valence-electron chi connectivity index (χ2n) is 6.57. The first-order chi connectivity index (χ1) is 12.5. The van der Waals surface area contributed by atoms with Crippen molar-refractivity contribution in [3.05, 3.63) is 66.8 Å². The van der Waals surface area contributed by atoms with E-state index >= 15 is 0 Å². The fourth-order valence-corrected chi connectivity index (χ4v) is 2.77. The summed E-state index contributed by atoms with van der Waals surface area (Å²) < 4.78 is 6.70. The predicted octanol–water partition coefficient (Wildman–Crippen LogP) is 3.78. The highest BCUT2D eigenvalue weighted by Crippen LogP contribution is 2.29. The van der Waals surface area contributed by atoms with E-state index < -0.39 is 5.60 Å². The fourth-order valence-electron chi connectivity index (χ4n) is 2.77. The molecule has 5 heteroatoms. The van der Waals surface area contributed by atoms with Gasteiger partial charge in [-0.05, 0) is 37.1 Å². The van der Waals surface area contributed by atoms with Gasteiger partial charge >= 0.3 is 0 Å².